The molecule has 9 nitrogen and oxygen atoms in total. The van der Waals surface area contributed by atoms with E-state index in [1.54, 1.807) is 6.92 Å². The van der Waals surface area contributed by atoms with Gasteiger partial charge in [-0.05, 0) is 13.8 Å². The molecule has 1 aliphatic rings. The summed E-state index contributed by atoms with van der Waals surface area (Å²) in [6, 6.07) is -0.128. The van der Waals surface area contributed by atoms with E-state index in [1.807, 2.05) is 6.92 Å². The minimum atomic E-state index is -0.583. The molecule has 1 aromatic rings. The van der Waals surface area contributed by atoms with Gasteiger partial charge in [-0.1, -0.05) is 0 Å². The first-order valence-electron chi connectivity index (χ1n) is 7.34. The van der Waals surface area contributed by atoms with Crippen molar-refractivity contribution >= 4 is 11.6 Å². The number of nitrogens with one attached hydrogen (secondary N) is 1. The second-order valence-corrected chi connectivity index (χ2v) is 5.26. The van der Waals surface area contributed by atoms with Crippen molar-refractivity contribution in [1.29, 1.82) is 0 Å². The summed E-state index contributed by atoms with van der Waals surface area (Å²) in [5, 5.41) is 17.8. The number of hydrogen-bond acceptors (Lipinski definition) is 6. The third-order valence-electron chi connectivity index (χ3n) is 3.49. The van der Waals surface area contributed by atoms with Gasteiger partial charge in [0.05, 0.1) is 18.1 Å². The van der Waals surface area contributed by atoms with E-state index in [1.165, 1.54) is 10.9 Å². The average Bonchev–Trinajstić information content (AvgIpc) is 2.92. The normalized spacial score (nSPS) is 17.2. The quantitative estimate of drug-likeness (QED) is 0.597. The third kappa shape index (κ3) is 4.01. The summed E-state index contributed by atoms with van der Waals surface area (Å²) in [5.41, 5.74) is -0.404. The van der Waals surface area contributed by atoms with Gasteiger partial charge in [-0.3, -0.25) is 24.5 Å². The summed E-state index contributed by atoms with van der Waals surface area (Å²) < 4.78 is 6.66. The van der Waals surface area contributed by atoms with Crippen molar-refractivity contribution in [2.45, 2.75) is 26.4 Å². The lowest BCUT2D eigenvalue weighted by Crippen LogP contribution is -2.46. The predicted molar refractivity (Wildman–Crippen MR) is 78.7 cm³/mol. The number of aryl methyl sites for hydroxylation is 1. The Hall–Kier alpha value is -2.00. The molecular formula is C13H21N5O4. The number of morpholine rings is 1. The zero-order chi connectivity index (χ0) is 16.1. The van der Waals surface area contributed by atoms with Crippen LogP contribution in [-0.2, 0) is 11.3 Å². The van der Waals surface area contributed by atoms with Crippen LogP contribution in [0.15, 0.2) is 6.20 Å². The van der Waals surface area contributed by atoms with Crippen LogP contribution >= 0.6 is 0 Å². The largest absolute Gasteiger partial charge is 0.379 e. The Kier molecular flexibility index (Phi) is 5.45. The highest BCUT2D eigenvalue weighted by molar-refractivity contribution is 5.96. The van der Waals surface area contributed by atoms with Gasteiger partial charge in [0.15, 0.2) is 0 Å². The molecule has 0 saturated carbocycles. The van der Waals surface area contributed by atoms with Crippen molar-refractivity contribution in [2.75, 3.05) is 32.8 Å². The molecule has 0 aliphatic carbocycles. The van der Waals surface area contributed by atoms with Crippen LogP contribution in [-0.4, -0.2) is 64.4 Å². The first kappa shape index (κ1) is 16.4. The molecular weight excluding hydrogens is 290 g/mol. The van der Waals surface area contributed by atoms with E-state index in [9.17, 15) is 14.9 Å². The van der Waals surface area contributed by atoms with Crippen LogP contribution in [0.2, 0.25) is 0 Å². The van der Waals surface area contributed by atoms with Crippen LogP contribution in [0, 0.1) is 10.1 Å². The average molecular weight is 311 g/mol. The fourth-order valence-electron chi connectivity index (χ4n) is 2.38. The maximum atomic E-state index is 12.2. The monoisotopic (exact) mass is 311 g/mol. The molecule has 2 rings (SSSR count). The summed E-state index contributed by atoms with van der Waals surface area (Å²) in [7, 11) is 0. The van der Waals surface area contributed by atoms with Gasteiger partial charge in [0.2, 0.25) is 5.69 Å². The molecule has 122 valence electrons. The number of aromatic nitrogens is 2. The molecule has 0 radical (unpaired) electrons. The highest BCUT2D eigenvalue weighted by Gasteiger charge is 2.26. The van der Waals surface area contributed by atoms with E-state index in [0.717, 1.165) is 13.1 Å². The van der Waals surface area contributed by atoms with Crippen molar-refractivity contribution in [3.8, 4) is 0 Å². The smallest absolute Gasteiger partial charge is 0.320 e. The molecule has 1 saturated heterocycles. The molecule has 1 N–H and O–H groups in total. The number of nitro groups is 1. The van der Waals surface area contributed by atoms with Gasteiger partial charge in [0, 0.05) is 32.2 Å². The zero-order valence-electron chi connectivity index (χ0n) is 12.8. The molecule has 2 heterocycles. The molecule has 1 fully saturated rings. The Morgan fingerprint density at radius 3 is 2.82 bits per heavy atom. The number of rotatable bonds is 6. The zero-order valence-corrected chi connectivity index (χ0v) is 12.8. The number of hydrogen-bond donors (Lipinski definition) is 1. The summed E-state index contributed by atoms with van der Waals surface area (Å²) in [6.45, 7) is 7.85. The lowest BCUT2D eigenvalue weighted by molar-refractivity contribution is -0.385. The fraction of sp³-hybridized carbons (Fsp3) is 0.692. The van der Waals surface area contributed by atoms with E-state index in [2.05, 4.69) is 15.3 Å². The lowest BCUT2D eigenvalue weighted by atomic mass is 10.2. The van der Waals surface area contributed by atoms with Gasteiger partial charge in [0.25, 0.3) is 5.91 Å². The van der Waals surface area contributed by atoms with Crippen molar-refractivity contribution < 1.29 is 14.5 Å². The third-order valence-corrected chi connectivity index (χ3v) is 3.49. The summed E-state index contributed by atoms with van der Waals surface area (Å²) in [5.74, 6) is -0.514. The first-order valence-corrected chi connectivity index (χ1v) is 7.34. The van der Waals surface area contributed by atoms with E-state index >= 15 is 0 Å². The highest BCUT2D eigenvalue weighted by atomic mass is 16.6. The maximum Gasteiger partial charge on any atom is 0.320 e. The minimum Gasteiger partial charge on any atom is -0.379 e. The van der Waals surface area contributed by atoms with Crippen LogP contribution in [0.3, 0.4) is 0 Å². The van der Waals surface area contributed by atoms with Crippen molar-refractivity contribution in [3.05, 3.63) is 22.0 Å². The summed E-state index contributed by atoms with van der Waals surface area (Å²) >= 11 is 0. The fourth-order valence-corrected chi connectivity index (χ4v) is 2.38. The van der Waals surface area contributed by atoms with Gasteiger partial charge < -0.3 is 10.1 Å². The molecule has 1 atom stereocenters. The van der Waals surface area contributed by atoms with E-state index in [-0.39, 0.29) is 17.4 Å². The van der Waals surface area contributed by atoms with Gasteiger partial charge in [-0.25, -0.2) is 0 Å². The number of nitrogens with zero attached hydrogens (tertiary/aromatic N) is 4. The van der Waals surface area contributed by atoms with E-state index in [4.69, 9.17) is 4.74 Å². The summed E-state index contributed by atoms with van der Waals surface area (Å²) in [4.78, 5) is 24.8. The van der Waals surface area contributed by atoms with Crippen molar-refractivity contribution in [3.63, 3.8) is 0 Å². The number of carbonyl (C=O) groups is 1. The van der Waals surface area contributed by atoms with Gasteiger partial charge >= 0.3 is 5.69 Å². The number of amides is 1. The Balaban J connectivity index is 1.98. The molecule has 0 spiro atoms. The molecule has 1 aromatic heterocycles. The Morgan fingerprint density at radius 2 is 2.23 bits per heavy atom. The number of ether oxygens (including phenoxy) is 1. The molecule has 1 aliphatic heterocycles. The Bertz CT molecular complexity index is 539. The van der Waals surface area contributed by atoms with Crippen LogP contribution < -0.4 is 5.32 Å². The lowest BCUT2D eigenvalue weighted by Gasteiger charge is -2.29. The van der Waals surface area contributed by atoms with Crippen molar-refractivity contribution in [1.82, 2.24) is 20.0 Å². The van der Waals surface area contributed by atoms with Crippen molar-refractivity contribution in [2.24, 2.45) is 0 Å². The van der Waals surface area contributed by atoms with Gasteiger partial charge in [-0.2, -0.15) is 5.10 Å². The topological polar surface area (TPSA) is 103 Å². The van der Waals surface area contributed by atoms with Gasteiger partial charge in [0.1, 0.15) is 6.20 Å². The maximum absolute atomic E-state index is 12.2. The van der Waals surface area contributed by atoms with Crippen LogP contribution in [0.1, 0.15) is 24.3 Å². The van der Waals surface area contributed by atoms with Crippen LogP contribution in [0.5, 0.6) is 0 Å². The highest BCUT2D eigenvalue weighted by Crippen LogP contribution is 2.16. The Morgan fingerprint density at radius 1 is 1.55 bits per heavy atom. The second-order valence-electron chi connectivity index (χ2n) is 5.26. The van der Waals surface area contributed by atoms with Gasteiger partial charge in [-0.15, -0.1) is 0 Å². The number of carbonyl (C=O) groups excluding carboxylic acids is 1. The SMILES string of the molecule is CCn1cc([N+](=O)[O-])c(C(=O)N[C@H](C)CN2CCOCC2)n1. The van der Waals surface area contributed by atoms with E-state index in [0.29, 0.717) is 26.3 Å². The molecule has 0 bridgehead atoms. The molecule has 0 aromatic carbocycles. The Labute approximate surface area is 128 Å². The first-order chi connectivity index (χ1) is 10.5. The predicted octanol–water partition coefficient (Wildman–Crippen LogP) is 0.262. The minimum absolute atomic E-state index is 0.128. The molecule has 1 amide bonds. The second kappa shape index (κ2) is 7.32. The van der Waals surface area contributed by atoms with Crippen LogP contribution in [0.4, 0.5) is 5.69 Å². The molecule has 22 heavy (non-hydrogen) atoms. The molecule has 9 heteroatoms. The molecule has 0 unspecified atom stereocenters. The van der Waals surface area contributed by atoms with E-state index < -0.39 is 10.8 Å². The standard InChI is InChI=1S/C13H21N5O4/c1-3-17-9-11(18(20)21)12(15-17)13(19)14-10(2)8-16-4-6-22-7-5-16/h9-10H,3-8H2,1-2H3,(H,14,19)/t10-/m1/s1. The van der Waals surface area contributed by atoms with Crippen LogP contribution in [0.25, 0.3) is 0 Å². The summed E-state index contributed by atoms with van der Waals surface area (Å²) in [6.07, 6.45) is 1.28.